The van der Waals surface area contributed by atoms with Crippen LogP contribution < -0.4 is 10.1 Å². The Kier molecular flexibility index (Phi) is 6.41. The molecule has 1 aromatic heterocycles. The van der Waals surface area contributed by atoms with Crippen LogP contribution in [-0.2, 0) is 11.4 Å². The van der Waals surface area contributed by atoms with Crippen LogP contribution in [0.3, 0.4) is 0 Å². The molecule has 4 aromatic rings. The lowest BCUT2D eigenvalue weighted by Crippen LogP contribution is -2.13. The molecule has 0 aliphatic heterocycles. The van der Waals surface area contributed by atoms with Gasteiger partial charge in [-0.15, -0.1) is 10.2 Å². The van der Waals surface area contributed by atoms with Gasteiger partial charge in [0, 0.05) is 11.3 Å². The highest BCUT2D eigenvalue weighted by Gasteiger charge is 2.11. The van der Waals surface area contributed by atoms with Crippen LogP contribution >= 0.6 is 11.8 Å². The standard InChI is InChI=1S/C23H19N3O3S/c27-21(16-30-23-26-25-22(29-23)18-9-5-2-6-10-18)24-19-11-13-20(14-12-19)28-15-17-7-3-1-4-8-17/h1-14H,15-16H2,(H,24,27). The van der Waals surface area contributed by atoms with Crippen molar-refractivity contribution < 1.29 is 13.9 Å². The van der Waals surface area contributed by atoms with Gasteiger partial charge in [-0.25, -0.2) is 0 Å². The van der Waals surface area contributed by atoms with E-state index in [2.05, 4.69) is 15.5 Å². The van der Waals surface area contributed by atoms with Gasteiger partial charge in [0.2, 0.25) is 11.8 Å². The van der Waals surface area contributed by atoms with Gasteiger partial charge in [0.05, 0.1) is 5.75 Å². The number of hydrogen-bond acceptors (Lipinski definition) is 6. The van der Waals surface area contributed by atoms with Crippen LogP contribution in [0.5, 0.6) is 5.75 Å². The van der Waals surface area contributed by atoms with Crippen molar-refractivity contribution in [3.63, 3.8) is 0 Å². The van der Waals surface area contributed by atoms with E-state index in [1.807, 2.05) is 84.9 Å². The van der Waals surface area contributed by atoms with Crippen molar-refractivity contribution in [2.45, 2.75) is 11.8 Å². The van der Waals surface area contributed by atoms with E-state index in [9.17, 15) is 4.79 Å². The summed E-state index contributed by atoms with van der Waals surface area (Å²) in [5.74, 6) is 1.19. The topological polar surface area (TPSA) is 77.2 Å². The molecular weight excluding hydrogens is 398 g/mol. The zero-order valence-corrected chi connectivity index (χ0v) is 16.8. The van der Waals surface area contributed by atoms with Crippen molar-refractivity contribution in [1.29, 1.82) is 0 Å². The predicted molar refractivity (Wildman–Crippen MR) is 116 cm³/mol. The average molecular weight is 417 g/mol. The van der Waals surface area contributed by atoms with Crippen molar-refractivity contribution in [3.05, 3.63) is 90.5 Å². The van der Waals surface area contributed by atoms with Crippen molar-refractivity contribution in [3.8, 4) is 17.2 Å². The van der Waals surface area contributed by atoms with Gasteiger partial charge in [-0.2, -0.15) is 0 Å². The predicted octanol–water partition coefficient (Wildman–Crippen LogP) is 5.05. The lowest BCUT2D eigenvalue weighted by Gasteiger charge is -2.08. The summed E-state index contributed by atoms with van der Waals surface area (Å²) in [6.45, 7) is 0.498. The zero-order chi connectivity index (χ0) is 20.6. The minimum atomic E-state index is -0.155. The molecule has 4 rings (SSSR count). The number of amides is 1. The summed E-state index contributed by atoms with van der Waals surface area (Å²) in [5.41, 5.74) is 2.64. The van der Waals surface area contributed by atoms with Gasteiger partial charge in [-0.3, -0.25) is 4.79 Å². The maximum Gasteiger partial charge on any atom is 0.277 e. The van der Waals surface area contributed by atoms with Gasteiger partial charge in [0.25, 0.3) is 5.22 Å². The molecule has 0 fully saturated rings. The van der Waals surface area contributed by atoms with Crippen molar-refractivity contribution >= 4 is 23.4 Å². The summed E-state index contributed by atoms with van der Waals surface area (Å²) >= 11 is 1.20. The van der Waals surface area contributed by atoms with E-state index in [-0.39, 0.29) is 11.7 Å². The number of ether oxygens (including phenoxy) is 1. The minimum Gasteiger partial charge on any atom is -0.489 e. The fourth-order valence-electron chi connectivity index (χ4n) is 2.67. The number of nitrogens with zero attached hydrogens (tertiary/aromatic N) is 2. The normalized spacial score (nSPS) is 10.5. The molecule has 1 N–H and O–H groups in total. The maximum absolute atomic E-state index is 12.2. The second-order valence-electron chi connectivity index (χ2n) is 6.37. The van der Waals surface area contributed by atoms with Crippen LogP contribution in [0.15, 0.2) is 94.6 Å². The molecule has 3 aromatic carbocycles. The Morgan fingerprint density at radius 1 is 0.900 bits per heavy atom. The number of carbonyl (C=O) groups excluding carboxylic acids is 1. The van der Waals surface area contributed by atoms with Crippen molar-refractivity contribution in [1.82, 2.24) is 10.2 Å². The van der Waals surface area contributed by atoms with E-state index < -0.39 is 0 Å². The largest absolute Gasteiger partial charge is 0.489 e. The molecule has 7 heteroatoms. The first kappa shape index (κ1) is 19.7. The van der Waals surface area contributed by atoms with E-state index >= 15 is 0 Å². The Bertz CT molecular complexity index is 1080. The van der Waals surface area contributed by atoms with E-state index in [1.165, 1.54) is 11.8 Å². The van der Waals surface area contributed by atoms with Gasteiger partial charge in [-0.1, -0.05) is 60.3 Å². The molecular formula is C23H19N3O3S. The SMILES string of the molecule is O=C(CSc1nnc(-c2ccccc2)o1)Nc1ccc(OCc2ccccc2)cc1. The third kappa shape index (κ3) is 5.48. The zero-order valence-electron chi connectivity index (χ0n) is 16.0. The summed E-state index contributed by atoms with van der Waals surface area (Å²) in [6, 6.07) is 26.7. The van der Waals surface area contributed by atoms with Gasteiger partial charge >= 0.3 is 0 Å². The Hall–Kier alpha value is -3.58. The summed E-state index contributed by atoms with van der Waals surface area (Å²) in [4.78, 5) is 12.2. The van der Waals surface area contributed by atoms with Crippen LogP contribution in [0.1, 0.15) is 5.56 Å². The first-order valence-electron chi connectivity index (χ1n) is 9.35. The fourth-order valence-corrected chi connectivity index (χ4v) is 3.23. The smallest absolute Gasteiger partial charge is 0.277 e. The minimum absolute atomic E-state index is 0.155. The highest BCUT2D eigenvalue weighted by atomic mass is 32.2. The van der Waals surface area contributed by atoms with Gasteiger partial charge in [-0.05, 0) is 42.0 Å². The number of carbonyl (C=O) groups is 1. The third-order valence-electron chi connectivity index (χ3n) is 4.14. The molecule has 0 unspecified atom stereocenters. The second-order valence-corrected chi connectivity index (χ2v) is 7.30. The highest BCUT2D eigenvalue weighted by molar-refractivity contribution is 7.99. The van der Waals surface area contributed by atoms with Crippen molar-refractivity contribution in [2.75, 3.05) is 11.1 Å². The molecule has 0 saturated heterocycles. The van der Waals surface area contributed by atoms with Crippen LogP contribution in [0, 0.1) is 0 Å². The molecule has 0 bridgehead atoms. The molecule has 0 atom stereocenters. The monoisotopic (exact) mass is 417 g/mol. The number of aromatic nitrogens is 2. The quantitative estimate of drug-likeness (QED) is 0.405. The molecule has 6 nitrogen and oxygen atoms in total. The van der Waals surface area contributed by atoms with Gasteiger partial charge in [0.15, 0.2) is 0 Å². The van der Waals surface area contributed by atoms with Crippen LogP contribution in [0.4, 0.5) is 5.69 Å². The first-order chi connectivity index (χ1) is 14.8. The average Bonchev–Trinajstić information content (AvgIpc) is 3.28. The van der Waals surface area contributed by atoms with Gasteiger partial charge < -0.3 is 14.5 Å². The Morgan fingerprint density at radius 2 is 1.60 bits per heavy atom. The third-order valence-corrected chi connectivity index (χ3v) is 4.96. The molecule has 30 heavy (non-hydrogen) atoms. The molecule has 0 aliphatic rings. The van der Waals surface area contributed by atoms with E-state index in [0.29, 0.717) is 23.4 Å². The number of hydrogen-bond donors (Lipinski definition) is 1. The van der Waals surface area contributed by atoms with E-state index in [1.54, 1.807) is 0 Å². The molecule has 0 spiro atoms. The van der Waals surface area contributed by atoms with Crippen LogP contribution in [-0.4, -0.2) is 21.9 Å². The molecule has 1 amide bonds. The molecule has 0 radical (unpaired) electrons. The fraction of sp³-hybridized carbons (Fsp3) is 0.0870. The second kappa shape index (κ2) is 9.76. The number of thioether (sulfide) groups is 1. The molecule has 0 aliphatic carbocycles. The Labute approximate surface area is 178 Å². The summed E-state index contributed by atoms with van der Waals surface area (Å²) in [5, 5.41) is 11.2. The number of nitrogens with one attached hydrogen (secondary N) is 1. The lowest BCUT2D eigenvalue weighted by molar-refractivity contribution is -0.113. The van der Waals surface area contributed by atoms with Crippen molar-refractivity contribution in [2.24, 2.45) is 0 Å². The summed E-state index contributed by atoms with van der Waals surface area (Å²) in [7, 11) is 0. The molecule has 1 heterocycles. The van der Waals surface area contributed by atoms with E-state index in [4.69, 9.17) is 9.15 Å². The number of rotatable bonds is 8. The maximum atomic E-state index is 12.2. The Balaban J connectivity index is 1.24. The van der Waals surface area contributed by atoms with E-state index in [0.717, 1.165) is 16.9 Å². The lowest BCUT2D eigenvalue weighted by atomic mass is 10.2. The Morgan fingerprint density at radius 3 is 2.33 bits per heavy atom. The summed E-state index contributed by atoms with van der Waals surface area (Å²) < 4.78 is 11.3. The van der Waals surface area contributed by atoms with Crippen LogP contribution in [0.2, 0.25) is 0 Å². The first-order valence-corrected chi connectivity index (χ1v) is 10.3. The summed E-state index contributed by atoms with van der Waals surface area (Å²) in [6.07, 6.45) is 0. The number of benzene rings is 3. The number of anilines is 1. The molecule has 0 saturated carbocycles. The molecule has 150 valence electrons. The van der Waals surface area contributed by atoms with Crippen LogP contribution in [0.25, 0.3) is 11.5 Å². The van der Waals surface area contributed by atoms with Gasteiger partial charge in [0.1, 0.15) is 12.4 Å². The highest BCUT2D eigenvalue weighted by Crippen LogP contribution is 2.23.